The van der Waals surface area contributed by atoms with E-state index in [4.69, 9.17) is 32.7 Å². The quantitative estimate of drug-likeness (QED) is 0.586. The molecule has 0 heterocycles. The number of thioether (sulfide) groups is 1. The van der Waals surface area contributed by atoms with E-state index in [2.05, 4.69) is 5.32 Å². The molecule has 1 amide bonds. The van der Waals surface area contributed by atoms with Gasteiger partial charge in [-0.15, -0.1) is 11.8 Å². The molecule has 4 nitrogen and oxygen atoms in total. The first-order valence-electron chi connectivity index (χ1n) is 8.51. The summed E-state index contributed by atoms with van der Waals surface area (Å²) in [6, 6.07) is 11.0. The normalized spacial score (nSPS) is 10.7. The average Bonchev–Trinajstić information content (AvgIpc) is 2.63. The molecule has 0 saturated carbocycles. The van der Waals surface area contributed by atoms with Crippen LogP contribution in [0, 0.1) is 0 Å². The molecule has 0 aliphatic rings. The van der Waals surface area contributed by atoms with Crippen molar-refractivity contribution in [3.05, 3.63) is 57.6 Å². The molecule has 0 aliphatic heterocycles. The molecule has 146 valence electrons. The Morgan fingerprint density at radius 2 is 1.85 bits per heavy atom. The highest BCUT2D eigenvalue weighted by Crippen LogP contribution is 2.29. The van der Waals surface area contributed by atoms with E-state index in [1.807, 2.05) is 32.0 Å². The van der Waals surface area contributed by atoms with Crippen LogP contribution in [0.15, 0.2) is 36.4 Å². The number of benzene rings is 2. The van der Waals surface area contributed by atoms with E-state index in [-0.39, 0.29) is 12.0 Å². The number of methoxy groups -OCH3 is 1. The average molecular weight is 428 g/mol. The van der Waals surface area contributed by atoms with Gasteiger partial charge in [0, 0.05) is 22.3 Å². The smallest absolute Gasteiger partial charge is 0.230 e. The van der Waals surface area contributed by atoms with Crippen molar-refractivity contribution in [1.82, 2.24) is 5.32 Å². The summed E-state index contributed by atoms with van der Waals surface area (Å²) in [5, 5.41) is 4.14. The molecular weight excluding hydrogens is 405 g/mol. The Morgan fingerprint density at radius 1 is 1.15 bits per heavy atom. The zero-order chi connectivity index (χ0) is 19.8. The third kappa shape index (κ3) is 6.83. The van der Waals surface area contributed by atoms with Crippen molar-refractivity contribution in [3.63, 3.8) is 0 Å². The van der Waals surface area contributed by atoms with E-state index in [0.29, 0.717) is 39.6 Å². The van der Waals surface area contributed by atoms with Crippen molar-refractivity contribution in [2.24, 2.45) is 0 Å². The van der Waals surface area contributed by atoms with Crippen molar-refractivity contribution >= 4 is 40.9 Å². The molecule has 2 rings (SSSR count). The van der Waals surface area contributed by atoms with Crippen LogP contribution in [-0.4, -0.2) is 24.9 Å². The lowest BCUT2D eigenvalue weighted by molar-refractivity contribution is -0.118. The highest BCUT2D eigenvalue weighted by atomic mass is 35.5. The number of nitrogens with one attached hydrogen (secondary N) is 1. The molecule has 7 heteroatoms. The van der Waals surface area contributed by atoms with Crippen LogP contribution in [0.3, 0.4) is 0 Å². The second kappa shape index (κ2) is 10.7. The molecule has 0 unspecified atom stereocenters. The molecule has 0 aliphatic carbocycles. The molecule has 0 atom stereocenters. The second-order valence-electron chi connectivity index (χ2n) is 6.12. The number of hydrogen-bond donors (Lipinski definition) is 1. The van der Waals surface area contributed by atoms with Crippen LogP contribution < -0.4 is 14.8 Å². The molecule has 0 spiro atoms. The Bertz CT molecular complexity index is 764. The van der Waals surface area contributed by atoms with Gasteiger partial charge in [-0.05, 0) is 49.2 Å². The van der Waals surface area contributed by atoms with Crippen LogP contribution in [0.5, 0.6) is 11.5 Å². The molecule has 2 aromatic rings. The van der Waals surface area contributed by atoms with E-state index >= 15 is 0 Å². The van der Waals surface area contributed by atoms with Crippen molar-refractivity contribution in [3.8, 4) is 11.5 Å². The predicted octanol–water partition coefficient (Wildman–Crippen LogP) is 5.34. The van der Waals surface area contributed by atoms with E-state index in [0.717, 1.165) is 11.1 Å². The SMILES string of the molecule is COc1cc(CNC(=O)CSCc2c(Cl)cccc2Cl)ccc1OC(C)C. The zero-order valence-corrected chi connectivity index (χ0v) is 17.9. The van der Waals surface area contributed by atoms with Gasteiger partial charge < -0.3 is 14.8 Å². The Hall–Kier alpha value is -1.56. The summed E-state index contributed by atoms with van der Waals surface area (Å²) in [4.78, 5) is 12.1. The molecule has 1 N–H and O–H groups in total. The molecule has 0 bridgehead atoms. The van der Waals surface area contributed by atoms with Crippen molar-refractivity contribution in [1.29, 1.82) is 0 Å². The number of hydrogen-bond acceptors (Lipinski definition) is 4. The van der Waals surface area contributed by atoms with E-state index in [9.17, 15) is 4.79 Å². The monoisotopic (exact) mass is 427 g/mol. The van der Waals surface area contributed by atoms with Gasteiger partial charge in [-0.2, -0.15) is 0 Å². The van der Waals surface area contributed by atoms with Gasteiger partial charge in [0.15, 0.2) is 11.5 Å². The summed E-state index contributed by atoms with van der Waals surface area (Å²) in [6.07, 6.45) is 0.0631. The topological polar surface area (TPSA) is 47.6 Å². The molecule has 0 saturated heterocycles. The predicted molar refractivity (Wildman–Crippen MR) is 113 cm³/mol. The molecule has 0 aromatic heterocycles. The number of carbonyl (C=O) groups excluding carboxylic acids is 1. The fourth-order valence-corrected chi connectivity index (χ4v) is 3.94. The number of halogens is 2. The number of amides is 1. The molecule has 0 radical (unpaired) electrons. The van der Waals surface area contributed by atoms with Crippen molar-refractivity contribution in [2.45, 2.75) is 32.2 Å². The largest absolute Gasteiger partial charge is 0.493 e. The fraction of sp³-hybridized carbons (Fsp3) is 0.350. The first-order chi connectivity index (χ1) is 12.9. The van der Waals surface area contributed by atoms with Crippen LogP contribution in [0.4, 0.5) is 0 Å². The van der Waals surface area contributed by atoms with Gasteiger partial charge in [0.05, 0.1) is 19.0 Å². The minimum atomic E-state index is -0.0513. The molecular formula is C20H23Cl2NO3S. The Morgan fingerprint density at radius 3 is 2.48 bits per heavy atom. The van der Waals surface area contributed by atoms with Gasteiger partial charge >= 0.3 is 0 Å². The summed E-state index contributed by atoms with van der Waals surface area (Å²) in [5.41, 5.74) is 1.79. The summed E-state index contributed by atoms with van der Waals surface area (Å²) in [6.45, 7) is 4.34. The lowest BCUT2D eigenvalue weighted by Crippen LogP contribution is -2.24. The van der Waals surface area contributed by atoms with Gasteiger partial charge in [-0.25, -0.2) is 0 Å². The first kappa shape index (κ1) is 21.7. The van der Waals surface area contributed by atoms with Gasteiger partial charge in [0.25, 0.3) is 0 Å². The Balaban J connectivity index is 1.83. The van der Waals surface area contributed by atoms with Crippen molar-refractivity contribution < 1.29 is 14.3 Å². The van der Waals surface area contributed by atoms with E-state index in [1.54, 1.807) is 25.3 Å². The highest BCUT2D eigenvalue weighted by molar-refractivity contribution is 7.99. The standard InChI is InChI=1S/C20H23Cl2NO3S/c1-13(2)26-18-8-7-14(9-19(18)25-3)10-23-20(24)12-27-11-15-16(21)5-4-6-17(15)22/h4-9,13H,10-12H2,1-3H3,(H,23,24). The van der Waals surface area contributed by atoms with Crippen LogP contribution in [0.25, 0.3) is 0 Å². The summed E-state index contributed by atoms with van der Waals surface area (Å²) >= 11 is 13.7. The van der Waals surface area contributed by atoms with Gasteiger partial charge in [-0.3, -0.25) is 4.79 Å². The van der Waals surface area contributed by atoms with Crippen molar-refractivity contribution in [2.75, 3.05) is 12.9 Å². The van der Waals surface area contributed by atoms with Crippen LogP contribution in [0.1, 0.15) is 25.0 Å². The fourth-order valence-electron chi connectivity index (χ4n) is 2.34. The van der Waals surface area contributed by atoms with Crippen LogP contribution in [0.2, 0.25) is 10.0 Å². The Labute approximate surface area is 174 Å². The summed E-state index contributed by atoms with van der Waals surface area (Å²) in [5.74, 6) is 2.20. The van der Waals surface area contributed by atoms with Gasteiger partial charge in [0.2, 0.25) is 5.91 Å². The Kier molecular flexibility index (Phi) is 8.61. The van der Waals surface area contributed by atoms with E-state index < -0.39 is 0 Å². The maximum Gasteiger partial charge on any atom is 0.230 e. The lowest BCUT2D eigenvalue weighted by Gasteiger charge is -2.14. The molecule has 27 heavy (non-hydrogen) atoms. The summed E-state index contributed by atoms with van der Waals surface area (Å²) < 4.78 is 11.1. The van der Waals surface area contributed by atoms with Gasteiger partial charge in [-0.1, -0.05) is 35.3 Å². The first-order valence-corrected chi connectivity index (χ1v) is 10.4. The van der Waals surface area contributed by atoms with Crippen LogP contribution >= 0.6 is 35.0 Å². The zero-order valence-electron chi connectivity index (χ0n) is 15.6. The molecule has 0 fully saturated rings. The maximum atomic E-state index is 12.1. The highest BCUT2D eigenvalue weighted by Gasteiger charge is 2.10. The van der Waals surface area contributed by atoms with Crippen LogP contribution in [-0.2, 0) is 17.1 Å². The minimum Gasteiger partial charge on any atom is -0.493 e. The number of carbonyl (C=O) groups is 1. The van der Waals surface area contributed by atoms with E-state index in [1.165, 1.54) is 11.8 Å². The maximum absolute atomic E-state index is 12.1. The number of ether oxygens (including phenoxy) is 2. The second-order valence-corrected chi connectivity index (χ2v) is 7.92. The third-order valence-electron chi connectivity index (χ3n) is 3.62. The number of rotatable bonds is 9. The third-order valence-corrected chi connectivity index (χ3v) is 5.29. The lowest BCUT2D eigenvalue weighted by atomic mass is 10.2. The van der Waals surface area contributed by atoms with Gasteiger partial charge in [0.1, 0.15) is 0 Å². The minimum absolute atomic E-state index is 0.0513. The summed E-state index contributed by atoms with van der Waals surface area (Å²) in [7, 11) is 1.60. The molecule has 2 aromatic carbocycles.